The quantitative estimate of drug-likeness (QED) is 0.627. The van der Waals surface area contributed by atoms with E-state index in [1.165, 1.54) is 35.4 Å². The fraction of sp³-hybridized carbons (Fsp3) is 0.364. The lowest BCUT2D eigenvalue weighted by Crippen LogP contribution is -2.50. The zero-order valence-electron chi connectivity index (χ0n) is 16.7. The molecule has 31 heavy (non-hydrogen) atoms. The molecule has 3 aromatic rings. The lowest BCUT2D eigenvalue weighted by molar-refractivity contribution is 0.0398. The molecule has 9 heteroatoms. The number of benzene rings is 1. The Bertz CT molecular complexity index is 1070. The van der Waals surface area contributed by atoms with Gasteiger partial charge in [-0.15, -0.1) is 0 Å². The summed E-state index contributed by atoms with van der Waals surface area (Å²) in [5, 5.41) is 8.14. The van der Waals surface area contributed by atoms with E-state index in [1.54, 1.807) is 12.1 Å². The number of carbonyl (C=O) groups is 1. The predicted octanol–water partition coefficient (Wildman–Crippen LogP) is 3.40. The SMILES string of the molecule is O=C(c1c(F)cccc1-n1nccn1)N1C2CC[C@H]1CC[C@@H]2COc1ccc(F)cn1. The van der Waals surface area contributed by atoms with Gasteiger partial charge in [0, 0.05) is 24.1 Å². The van der Waals surface area contributed by atoms with Crippen molar-refractivity contribution in [3.63, 3.8) is 0 Å². The maximum Gasteiger partial charge on any atom is 0.259 e. The summed E-state index contributed by atoms with van der Waals surface area (Å²) in [4.78, 5) is 20.6. The minimum Gasteiger partial charge on any atom is -0.477 e. The number of hydrogen-bond donors (Lipinski definition) is 0. The molecule has 5 rings (SSSR count). The topological polar surface area (TPSA) is 73.1 Å². The highest BCUT2D eigenvalue weighted by Crippen LogP contribution is 2.41. The van der Waals surface area contributed by atoms with Crippen molar-refractivity contribution in [2.45, 2.75) is 37.8 Å². The van der Waals surface area contributed by atoms with Gasteiger partial charge in [-0.2, -0.15) is 15.0 Å². The summed E-state index contributed by atoms with van der Waals surface area (Å²) in [5.74, 6) is -0.920. The largest absolute Gasteiger partial charge is 0.477 e. The highest BCUT2D eigenvalue weighted by Gasteiger charge is 2.46. The number of aromatic nitrogens is 4. The molecule has 2 aromatic heterocycles. The zero-order chi connectivity index (χ0) is 21.4. The summed E-state index contributed by atoms with van der Waals surface area (Å²) < 4.78 is 33.7. The lowest BCUT2D eigenvalue weighted by Gasteiger charge is -2.40. The van der Waals surface area contributed by atoms with Crippen LogP contribution in [-0.4, -0.2) is 49.5 Å². The Labute approximate surface area is 177 Å². The van der Waals surface area contributed by atoms with Gasteiger partial charge in [0.1, 0.15) is 22.9 Å². The van der Waals surface area contributed by atoms with Crippen LogP contribution in [-0.2, 0) is 0 Å². The minimum absolute atomic E-state index is 0.0163. The third-order valence-corrected chi connectivity index (χ3v) is 6.18. The number of rotatable bonds is 5. The van der Waals surface area contributed by atoms with Crippen molar-refractivity contribution in [1.29, 1.82) is 0 Å². The fourth-order valence-electron chi connectivity index (χ4n) is 4.77. The molecule has 160 valence electrons. The van der Waals surface area contributed by atoms with Crippen molar-refractivity contribution in [3.8, 4) is 11.6 Å². The van der Waals surface area contributed by atoms with Gasteiger partial charge in [-0.3, -0.25) is 4.79 Å². The normalized spacial score (nSPS) is 22.5. The van der Waals surface area contributed by atoms with Gasteiger partial charge in [0.15, 0.2) is 0 Å². The van der Waals surface area contributed by atoms with E-state index in [0.717, 1.165) is 31.9 Å². The van der Waals surface area contributed by atoms with Crippen LogP contribution < -0.4 is 4.74 Å². The molecule has 2 saturated heterocycles. The standard InChI is InChI=1S/C22H21F2N5O2/c23-15-5-9-20(25-12-15)31-13-14-4-6-16-7-8-18(14)28(16)22(30)21-17(24)2-1-3-19(21)29-26-10-11-27-29/h1-3,5,9-12,14,16,18H,4,6-8,13H2/t14-,16-,18?/m1/s1. The number of fused-ring (bicyclic) bond motifs is 2. The molecule has 7 nitrogen and oxygen atoms in total. The van der Waals surface area contributed by atoms with E-state index in [1.807, 2.05) is 4.90 Å². The van der Waals surface area contributed by atoms with Gasteiger partial charge in [-0.1, -0.05) is 6.07 Å². The maximum absolute atomic E-state index is 14.8. The first-order chi connectivity index (χ1) is 15.1. The van der Waals surface area contributed by atoms with Gasteiger partial charge in [0.2, 0.25) is 5.88 Å². The molecule has 1 unspecified atom stereocenters. The van der Waals surface area contributed by atoms with E-state index in [4.69, 9.17) is 4.74 Å². The van der Waals surface area contributed by atoms with Crippen molar-refractivity contribution in [2.24, 2.45) is 5.92 Å². The molecular weight excluding hydrogens is 404 g/mol. The van der Waals surface area contributed by atoms with Crippen LogP contribution in [0.2, 0.25) is 0 Å². The fourth-order valence-corrected chi connectivity index (χ4v) is 4.77. The first-order valence-corrected chi connectivity index (χ1v) is 10.3. The van der Waals surface area contributed by atoms with Gasteiger partial charge in [-0.05, 0) is 43.9 Å². The van der Waals surface area contributed by atoms with E-state index in [9.17, 15) is 13.6 Å². The third-order valence-electron chi connectivity index (χ3n) is 6.18. The molecule has 2 aliphatic rings. The van der Waals surface area contributed by atoms with Crippen LogP contribution in [0.1, 0.15) is 36.0 Å². The van der Waals surface area contributed by atoms with Gasteiger partial charge in [0.05, 0.1) is 25.2 Å². The molecule has 0 radical (unpaired) electrons. The second-order valence-corrected chi connectivity index (χ2v) is 7.93. The second-order valence-electron chi connectivity index (χ2n) is 7.93. The second kappa shape index (κ2) is 8.05. The molecule has 1 aromatic carbocycles. The van der Waals surface area contributed by atoms with Crippen LogP contribution in [0.4, 0.5) is 8.78 Å². The van der Waals surface area contributed by atoms with Gasteiger partial charge in [-0.25, -0.2) is 13.8 Å². The summed E-state index contributed by atoms with van der Waals surface area (Å²) in [6.07, 6.45) is 7.54. The highest BCUT2D eigenvalue weighted by molar-refractivity contribution is 5.98. The van der Waals surface area contributed by atoms with E-state index in [-0.39, 0.29) is 29.5 Å². The molecule has 2 aliphatic heterocycles. The van der Waals surface area contributed by atoms with Crippen LogP contribution in [0.15, 0.2) is 48.9 Å². The smallest absolute Gasteiger partial charge is 0.259 e. The molecule has 2 bridgehead atoms. The van der Waals surface area contributed by atoms with Crippen molar-refractivity contribution in [3.05, 3.63) is 66.1 Å². The number of hydrogen-bond acceptors (Lipinski definition) is 5. The van der Waals surface area contributed by atoms with Crippen LogP contribution in [0, 0.1) is 17.6 Å². The third kappa shape index (κ3) is 3.64. The average molecular weight is 425 g/mol. The number of nitrogens with zero attached hydrogens (tertiary/aromatic N) is 5. The highest BCUT2D eigenvalue weighted by atomic mass is 19.1. The Balaban J connectivity index is 1.39. The van der Waals surface area contributed by atoms with Crippen LogP contribution in [0.5, 0.6) is 5.88 Å². The Hall–Kier alpha value is -3.36. The van der Waals surface area contributed by atoms with Crippen LogP contribution >= 0.6 is 0 Å². The molecule has 1 amide bonds. The number of carbonyl (C=O) groups excluding carboxylic acids is 1. The molecule has 0 saturated carbocycles. The molecule has 0 spiro atoms. The average Bonchev–Trinajstić information content (AvgIpc) is 3.41. The summed E-state index contributed by atoms with van der Waals surface area (Å²) in [5.41, 5.74) is 0.306. The van der Waals surface area contributed by atoms with Gasteiger partial charge in [0.25, 0.3) is 5.91 Å². The monoisotopic (exact) mass is 425 g/mol. The zero-order valence-corrected chi connectivity index (χ0v) is 16.7. The summed E-state index contributed by atoms with van der Waals surface area (Å²) in [6, 6.07) is 7.28. The van der Waals surface area contributed by atoms with E-state index < -0.39 is 11.6 Å². The Morgan fingerprint density at radius 1 is 1.06 bits per heavy atom. The van der Waals surface area contributed by atoms with Gasteiger partial charge >= 0.3 is 0 Å². The van der Waals surface area contributed by atoms with Crippen molar-refractivity contribution >= 4 is 5.91 Å². The molecule has 0 N–H and O–H groups in total. The summed E-state index contributed by atoms with van der Waals surface area (Å²) >= 11 is 0. The first kappa shape index (κ1) is 19.6. The van der Waals surface area contributed by atoms with Crippen LogP contribution in [0.25, 0.3) is 5.69 Å². The van der Waals surface area contributed by atoms with Crippen molar-refractivity contribution in [1.82, 2.24) is 24.9 Å². The van der Waals surface area contributed by atoms with Crippen molar-refractivity contribution in [2.75, 3.05) is 6.61 Å². The van der Waals surface area contributed by atoms with Crippen LogP contribution in [0.3, 0.4) is 0 Å². The number of halogens is 2. The summed E-state index contributed by atoms with van der Waals surface area (Å²) in [6.45, 7) is 0.366. The molecule has 4 heterocycles. The Kier molecular flexibility index (Phi) is 5.09. The minimum atomic E-state index is -0.590. The number of pyridine rings is 1. The maximum atomic E-state index is 14.8. The Morgan fingerprint density at radius 2 is 1.87 bits per heavy atom. The van der Waals surface area contributed by atoms with E-state index in [2.05, 4.69) is 15.2 Å². The van der Waals surface area contributed by atoms with Gasteiger partial charge < -0.3 is 9.64 Å². The van der Waals surface area contributed by atoms with E-state index >= 15 is 0 Å². The van der Waals surface area contributed by atoms with E-state index in [0.29, 0.717) is 18.2 Å². The van der Waals surface area contributed by atoms with Crippen molar-refractivity contribution < 1.29 is 18.3 Å². The molecule has 3 atom stereocenters. The number of piperidine rings is 1. The molecule has 0 aliphatic carbocycles. The molecular formula is C22H21F2N5O2. The lowest BCUT2D eigenvalue weighted by atomic mass is 9.90. The predicted molar refractivity (Wildman–Crippen MR) is 107 cm³/mol. The first-order valence-electron chi connectivity index (χ1n) is 10.3. The summed E-state index contributed by atoms with van der Waals surface area (Å²) in [7, 11) is 0. The number of ether oxygens (including phenoxy) is 1. The molecule has 2 fully saturated rings. The number of amides is 1. The Morgan fingerprint density at radius 3 is 2.65 bits per heavy atom.